The summed E-state index contributed by atoms with van der Waals surface area (Å²) in [6.45, 7) is 27.2. The average Bonchev–Trinajstić information content (AvgIpc) is 3.43. The van der Waals surface area contributed by atoms with Crippen LogP contribution in [-0.4, -0.2) is 8.07 Å². The maximum absolute atomic E-state index is 2.79. The number of benzene rings is 3. The summed E-state index contributed by atoms with van der Waals surface area (Å²) in [6, 6.07) is 22.4. The van der Waals surface area contributed by atoms with Crippen LogP contribution >= 0.6 is 0 Å². The Morgan fingerprint density at radius 1 is 0.581 bits per heavy atom. The summed E-state index contributed by atoms with van der Waals surface area (Å²) in [6.07, 6.45) is 0. The molecule has 0 nitrogen and oxygen atoms in total. The van der Waals surface area contributed by atoms with Crippen molar-refractivity contribution in [3.05, 3.63) is 110 Å². The SMILES string of the molecule is CC1=C2c3c(C(C)C)cc(C(C)C)cc3[CH]1[Ti]([CH3])([CH3])[CH]1C(C)=C(c3c(C(C)C)cc(C(C)C)cc31)[Si]2(C)c1ccccc1. The second-order valence-electron chi connectivity index (χ2n) is 16.1. The van der Waals surface area contributed by atoms with Gasteiger partial charge in [-0.05, 0) is 0 Å². The van der Waals surface area contributed by atoms with Gasteiger partial charge in [0, 0.05) is 0 Å². The molecule has 0 radical (unpaired) electrons. The standard InChI is InChI=1S/C39H48Si.2CH3.Ti/c1-23(2)29-19-31-17-27(9)38(36(31)34(21-29)25(5)6)40(11,33-15-13-12-14-16-33)39-28(10)18-32-20-30(24(3)4)22-35(26(7)8)37(32)39;;;/h12-26H,1-11H3;2*1H3;. The van der Waals surface area contributed by atoms with Crippen LogP contribution in [0.2, 0.25) is 17.0 Å². The molecule has 2 atom stereocenters. The monoisotopic (exact) mass is 622 g/mol. The molecule has 0 aromatic heterocycles. The predicted molar refractivity (Wildman–Crippen MR) is 189 cm³/mol. The fourth-order valence-electron chi connectivity index (χ4n) is 9.74. The minimum absolute atomic E-state index is 0.499. The third-order valence-corrected chi connectivity index (χ3v) is 23.4. The van der Waals surface area contributed by atoms with Gasteiger partial charge in [0.1, 0.15) is 0 Å². The van der Waals surface area contributed by atoms with Crippen LogP contribution in [0.15, 0.2) is 65.7 Å². The summed E-state index contributed by atoms with van der Waals surface area (Å²) < 4.78 is 1.18. The van der Waals surface area contributed by atoms with Gasteiger partial charge in [-0.25, -0.2) is 0 Å². The first-order valence-corrected chi connectivity index (χ1v) is 24.4. The number of fused-ring (bicyclic) bond motifs is 8. The van der Waals surface area contributed by atoms with E-state index in [2.05, 4.69) is 141 Å². The van der Waals surface area contributed by atoms with Crippen LogP contribution in [-0.2, 0) is 16.6 Å². The van der Waals surface area contributed by atoms with Crippen molar-refractivity contribution in [2.45, 2.75) is 118 Å². The zero-order valence-electron chi connectivity index (χ0n) is 29.2. The number of rotatable bonds is 5. The van der Waals surface area contributed by atoms with Gasteiger partial charge in [0.2, 0.25) is 0 Å². The molecule has 4 bridgehead atoms. The van der Waals surface area contributed by atoms with Crippen LogP contribution in [0, 0.1) is 0 Å². The van der Waals surface area contributed by atoms with E-state index in [4.69, 9.17) is 0 Å². The van der Waals surface area contributed by atoms with Gasteiger partial charge in [-0.1, -0.05) is 0 Å². The van der Waals surface area contributed by atoms with Gasteiger partial charge in [-0.2, -0.15) is 0 Å². The summed E-state index contributed by atoms with van der Waals surface area (Å²) in [4.78, 5) is 0. The summed E-state index contributed by atoms with van der Waals surface area (Å²) in [5.41, 5.74) is 16.5. The van der Waals surface area contributed by atoms with Crippen LogP contribution in [0.1, 0.15) is 146 Å². The molecule has 43 heavy (non-hydrogen) atoms. The van der Waals surface area contributed by atoms with E-state index in [0.29, 0.717) is 32.1 Å². The molecule has 0 fully saturated rings. The van der Waals surface area contributed by atoms with Crippen molar-refractivity contribution < 1.29 is 16.6 Å². The van der Waals surface area contributed by atoms with Gasteiger partial charge in [0.15, 0.2) is 0 Å². The predicted octanol–water partition coefficient (Wildman–Crippen LogP) is 11.9. The van der Waals surface area contributed by atoms with Crippen molar-refractivity contribution in [1.82, 2.24) is 0 Å². The number of hydrogen-bond acceptors (Lipinski definition) is 0. The van der Waals surface area contributed by atoms with Crippen LogP contribution in [0.5, 0.6) is 0 Å². The third kappa shape index (κ3) is 4.31. The Bertz CT molecular complexity index is 1580. The van der Waals surface area contributed by atoms with E-state index < -0.39 is 24.7 Å². The van der Waals surface area contributed by atoms with Crippen molar-refractivity contribution >= 4 is 23.7 Å². The Morgan fingerprint density at radius 3 is 1.33 bits per heavy atom. The minimum atomic E-state index is -2.67. The second-order valence-corrected chi connectivity index (χ2v) is 27.4. The van der Waals surface area contributed by atoms with Crippen LogP contribution in [0.25, 0.3) is 10.4 Å². The van der Waals surface area contributed by atoms with E-state index in [1.807, 2.05) is 0 Å². The molecule has 226 valence electrons. The first-order valence-electron chi connectivity index (χ1n) is 17.0. The molecule has 1 aliphatic heterocycles. The Morgan fingerprint density at radius 2 is 0.977 bits per heavy atom. The molecule has 2 unspecified atom stereocenters. The fraction of sp³-hybridized carbons (Fsp3) is 0.463. The molecule has 2 heteroatoms. The molecular weight excluding hydrogens is 568 g/mol. The van der Waals surface area contributed by atoms with Gasteiger partial charge in [0.25, 0.3) is 0 Å². The Labute approximate surface area is 267 Å². The van der Waals surface area contributed by atoms with Crippen LogP contribution in [0.3, 0.4) is 0 Å². The van der Waals surface area contributed by atoms with Gasteiger partial charge < -0.3 is 0 Å². The molecule has 3 aromatic carbocycles. The second kappa shape index (κ2) is 10.6. The fourth-order valence-corrected chi connectivity index (χ4v) is 23.0. The van der Waals surface area contributed by atoms with E-state index >= 15 is 0 Å². The molecule has 3 aliphatic rings. The molecule has 2 aliphatic carbocycles. The first kappa shape index (κ1) is 31.1. The van der Waals surface area contributed by atoms with Crippen molar-refractivity contribution in [1.29, 1.82) is 0 Å². The maximum atomic E-state index is 2.79. The molecule has 6 rings (SSSR count). The number of allylic oxidation sites excluding steroid dienone is 2. The average molecular weight is 623 g/mol. The molecule has 0 saturated carbocycles. The van der Waals surface area contributed by atoms with E-state index in [1.54, 1.807) is 60.1 Å². The summed E-state index contributed by atoms with van der Waals surface area (Å²) >= 11 is -2.67. The molecule has 0 spiro atoms. The molecule has 3 aromatic rings. The Balaban J connectivity index is 1.83. The summed E-state index contributed by atoms with van der Waals surface area (Å²) in [5, 5.41) is 10.7. The van der Waals surface area contributed by atoms with Crippen molar-refractivity contribution in [3.63, 3.8) is 0 Å². The summed E-state index contributed by atoms with van der Waals surface area (Å²) in [7, 11) is -2.42. The number of hydrogen-bond donors (Lipinski definition) is 0. The van der Waals surface area contributed by atoms with E-state index in [9.17, 15) is 0 Å². The van der Waals surface area contributed by atoms with Crippen LogP contribution in [0.4, 0.5) is 0 Å². The van der Waals surface area contributed by atoms with E-state index in [0.717, 1.165) is 0 Å². The van der Waals surface area contributed by atoms with Gasteiger partial charge >= 0.3 is 269 Å². The Kier molecular flexibility index (Phi) is 7.64. The van der Waals surface area contributed by atoms with Crippen LogP contribution < -0.4 is 5.19 Å². The molecule has 1 heterocycles. The normalized spacial score (nSPS) is 23.9. The van der Waals surface area contributed by atoms with Gasteiger partial charge in [-0.15, -0.1) is 0 Å². The Hall–Kier alpha value is -1.93. The van der Waals surface area contributed by atoms with E-state index in [1.165, 1.54) is 11.1 Å². The molecular formula is C41H54SiTi. The van der Waals surface area contributed by atoms with Crippen molar-refractivity contribution in [2.24, 2.45) is 0 Å². The molecule has 0 amide bonds. The summed E-state index contributed by atoms with van der Waals surface area (Å²) in [5.74, 6) is 2.07. The van der Waals surface area contributed by atoms with Gasteiger partial charge in [0.05, 0.1) is 0 Å². The van der Waals surface area contributed by atoms with E-state index in [-0.39, 0.29) is 0 Å². The van der Waals surface area contributed by atoms with Crippen molar-refractivity contribution in [3.8, 4) is 0 Å². The zero-order valence-corrected chi connectivity index (χ0v) is 31.7. The molecule has 0 saturated heterocycles. The molecule has 0 N–H and O–H groups in total. The zero-order chi connectivity index (χ0) is 31.3. The van der Waals surface area contributed by atoms with Gasteiger partial charge in [-0.3, -0.25) is 0 Å². The first-order chi connectivity index (χ1) is 20.1. The third-order valence-electron chi connectivity index (χ3n) is 11.6. The quantitative estimate of drug-likeness (QED) is 0.248. The van der Waals surface area contributed by atoms with Crippen molar-refractivity contribution in [2.75, 3.05) is 0 Å². The topological polar surface area (TPSA) is 0 Å².